The number of carboxylic acid groups (broad SMARTS) is 1. The number of terminal acetylenes is 1. The molecule has 33 heavy (non-hydrogen) atoms. The van der Waals surface area contributed by atoms with Gasteiger partial charge >= 0.3 is 11.9 Å². The number of halogens is 1. The molecule has 12 nitrogen and oxygen atoms in total. The van der Waals surface area contributed by atoms with Gasteiger partial charge in [-0.3, -0.25) is 19.3 Å². The Hall–Kier alpha value is -3.28. The number of aromatic nitrogens is 1. The molecule has 0 saturated carbocycles. The maximum Gasteiger partial charge on any atom is 0.352 e. The minimum Gasteiger partial charge on any atom is -0.477 e. The molecule has 3 rings (SSSR count). The number of nitrogens with two attached hydrogens (primary N) is 1. The summed E-state index contributed by atoms with van der Waals surface area (Å²) in [6.45, 7) is 0.694. The van der Waals surface area contributed by atoms with Gasteiger partial charge in [0.15, 0.2) is 17.5 Å². The summed E-state index contributed by atoms with van der Waals surface area (Å²) in [5.74, 6) is -1.08. The molecule has 4 N–H and O–H groups in total. The highest BCUT2D eigenvalue weighted by molar-refractivity contribution is 8.00. The lowest BCUT2D eigenvalue weighted by molar-refractivity contribution is -0.150. The Kier molecular flexibility index (Phi) is 7.46. The number of thioether (sulfide) groups is 1. The third-order valence-electron chi connectivity index (χ3n) is 4.33. The number of β-lactam (4-membered cyclic amide) rings is 1. The van der Waals surface area contributed by atoms with Crippen molar-refractivity contribution in [1.29, 1.82) is 0 Å². The third kappa shape index (κ3) is 5.05. The highest BCUT2D eigenvalue weighted by Crippen LogP contribution is 2.40. The first-order valence-corrected chi connectivity index (χ1v) is 11.3. The summed E-state index contributed by atoms with van der Waals surface area (Å²) in [5.41, 5.74) is 5.22. The molecule has 0 bridgehead atoms. The van der Waals surface area contributed by atoms with Gasteiger partial charge in [-0.15, -0.1) is 18.2 Å². The van der Waals surface area contributed by atoms with Gasteiger partial charge in [0.2, 0.25) is 0 Å². The summed E-state index contributed by atoms with van der Waals surface area (Å²) in [5, 5.41) is 15.2. The van der Waals surface area contributed by atoms with Crippen molar-refractivity contribution in [2.45, 2.75) is 18.3 Å². The van der Waals surface area contributed by atoms with Crippen molar-refractivity contribution < 1.29 is 33.9 Å². The zero-order valence-corrected chi connectivity index (χ0v) is 19.3. The van der Waals surface area contributed by atoms with E-state index in [4.69, 9.17) is 33.3 Å². The molecule has 174 valence electrons. The molecule has 2 atom stereocenters. The van der Waals surface area contributed by atoms with Crippen LogP contribution in [0.15, 0.2) is 16.4 Å². The van der Waals surface area contributed by atoms with Crippen molar-refractivity contribution in [3.63, 3.8) is 0 Å². The zero-order valence-electron chi connectivity index (χ0n) is 16.9. The summed E-state index contributed by atoms with van der Waals surface area (Å²) in [4.78, 5) is 58.4. The summed E-state index contributed by atoms with van der Waals surface area (Å²) in [6.07, 6.45) is 5.12. The van der Waals surface area contributed by atoms with Gasteiger partial charge in [0, 0.05) is 18.2 Å². The molecule has 3 heterocycles. The fraction of sp³-hybridized carbons (Fsp3) is 0.333. The largest absolute Gasteiger partial charge is 0.477 e. The van der Waals surface area contributed by atoms with Gasteiger partial charge in [0.05, 0.1) is 0 Å². The number of hydrogen-bond donors (Lipinski definition) is 3. The minimum atomic E-state index is -1.35. The molecule has 0 spiro atoms. The van der Waals surface area contributed by atoms with E-state index in [0.717, 1.165) is 16.2 Å². The number of rotatable bonds is 8. The van der Waals surface area contributed by atoms with Gasteiger partial charge < -0.3 is 25.7 Å². The Morgan fingerprint density at radius 2 is 2.21 bits per heavy atom. The molecule has 0 aromatic carbocycles. The number of thiazole rings is 1. The molecule has 1 aromatic rings. The van der Waals surface area contributed by atoms with E-state index in [1.807, 2.05) is 0 Å². The quantitative estimate of drug-likeness (QED) is 0.107. The topological polar surface area (TPSA) is 174 Å². The molecule has 1 fully saturated rings. The number of carbonyl (C=O) groups is 4. The number of hydrogen-bond acceptors (Lipinski definition) is 11. The van der Waals surface area contributed by atoms with Crippen molar-refractivity contribution in [1.82, 2.24) is 15.2 Å². The van der Waals surface area contributed by atoms with Crippen LogP contribution in [-0.2, 0) is 28.8 Å². The number of carboxylic acids is 1. The van der Waals surface area contributed by atoms with Crippen molar-refractivity contribution in [2.24, 2.45) is 5.16 Å². The van der Waals surface area contributed by atoms with Gasteiger partial charge in [-0.05, 0) is 0 Å². The van der Waals surface area contributed by atoms with Crippen LogP contribution in [0.3, 0.4) is 0 Å². The predicted octanol–water partition coefficient (Wildman–Crippen LogP) is 0.0343. The summed E-state index contributed by atoms with van der Waals surface area (Å²) in [6, 6.07) is -1.06. The fourth-order valence-electron chi connectivity index (χ4n) is 2.98. The molecule has 0 radical (unpaired) electrons. The van der Waals surface area contributed by atoms with Crippen LogP contribution in [-0.4, -0.2) is 74.8 Å². The fourth-order valence-corrected chi connectivity index (χ4v) is 5.24. The van der Waals surface area contributed by atoms with Gasteiger partial charge in [-0.25, -0.2) is 9.78 Å². The average Bonchev–Trinajstić information content (AvgIpc) is 3.09. The summed E-state index contributed by atoms with van der Waals surface area (Å²) < 4.78 is 4.96. The molecular formula is C18H16ClN5O7S2. The van der Waals surface area contributed by atoms with E-state index in [-0.39, 0.29) is 51.1 Å². The second-order valence-electron chi connectivity index (χ2n) is 6.49. The SMILES string of the molecule is C#CCON=C(C(=O)N[C@@H]1C(=O)N2C(C(=O)O)=C(COC(C)=O)CS[C@H]12)c1nc(N)sc1Cl. The lowest BCUT2D eigenvalue weighted by Crippen LogP contribution is -2.71. The number of nitrogen functional groups attached to an aromatic ring is 1. The van der Waals surface area contributed by atoms with Crippen molar-refractivity contribution in [3.05, 3.63) is 21.3 Å². The normalized spacial score (nSPS) is 19.8. The van der Waals surface area contributed by atoms with E-state index >= 15 is 0 Å². The molecule has 2 amide bonds. The predicted molar refractivity (Wildman–Crippen MR) is 119 cm³/mol. The summed E-state index contributed by atoms with van der Waals surface area (Å²) >= 11 is 8.19. The first kappa shape index (κ1) is 24.4. The molecule has 1 aromatic heterocycles. The molecule has 15 heteroatoms. The maximum absolute atomic E-state index is 12.9. The van der Waals surface area contributed by atoms with E-state index in [0.29, 0.717) is 0 Å². The second-order valence-corrected chi connectivity index (χ2v) is 9.23. The van der Waals surface area contributed by atoms with Gasteiger partial charge in [-0.1, -0.05) is 34.0 Å². The average molecular weight is 514 g/mol. The van der Waals surface area contributed by atoms with Crippen LogP contribution < -0.4 is 11.1 Å². The van der Waals surface area contributed by atoms with Gasteiger partial charge in [-0.2, -0.15) is 0 Å². The second kappa shape index (κ2) is 10.1. The number of oxime groups is 1. The van der Waals surface area contributed by atoms with Crippen LogP contribution >= 0.6 is 34.7 Å². The van der Waals surface area contributed by atoms with E-state index in [9.17, 15) is 24.3 Å². The molecular weight excluding hydrogens is 498 g/mol. The van der Waals surface area contributed by atoms with Crippen LogP contribution in [0, 0.1) is 12.3 Å². The Bertz CT molecular complexity index is 1130. The van der Waals surface area contributed by atoms with Crippen LogP contribution in [0.1, 0.15) is 12.6 Å². The van der Waals surface area contributed by atoms with Crippen LogP contribution in [0.25, 0.3) is 0 Å². The van der Waals surface area contributed by atoms with Crippen LogP contribution in [0.4, 0.5) is 5.13 Å². The number of anilines is 1. The Balaban J connectivity index is 1.81. The maximum atomic E-state index is 12.9. The number of nitrogens with zero attached hydrogens (tertiary/aromatic N) is 3. The monoisotopic (exact) mass is 513 g/mol. The number of aliphatic carboxylic acids is 1. The molecule has 1 saturated heterocycles. The van der Waals surface area contributed by atoms with Crippen LogP contribution in [0.2, 0.25) is 4.34 Å². The van der Waals surface area contributed by atoms with Crippen molar-refractivity contribution >= 4 is 69.3 Å². The van der Waals surface area contributed by atoms with Crippen molar-refractivity contribution in [3.8, 4) is 12.3 Å². The number of nitrogens with one attached hydrogen (secondary N) is 1. The van der Waals surface area contributed by atoms with E-state index in [1.54, 1.807) is 0 Å². The first-order chi connectivity index (χ1) is 15.6. The Morgan fingerprint density at radius 3 is 2.79 bits per heavy atom. The molecule has 2 aliphatic rings. The molecule has 0 aliphatic carbocycles. The Morgan fingerprint density at radius 1 is 1.48 bits per heavy atom. The number of fused-ring (bicyclic) bond motifs is 1. The molecule has 0 unspecified atom stereocenters. The van der Waals surface area contributed by atoms with Gasteiger partial charge in [0.1, 0.15) is 33.7 Å². The van der Waals surface area contributed by atoms with Gasteiger partial charge in [0.25, 0.3) is 11.8 Å². The van der Waals surface area contributed by atoms with E-state index in [1.165, 1.54) is 18.7 Å². The van der Waals surface area contributed by atoms with Crippen molar-refractivity contribution in [2.75, 3.05) is 24.7 Å². The van der Waals surface area contributed by atoms with E-state index < -0.39 is 35.2 Å². The van der Waals surface area contributed by atoms with E-state index in [2.05, 4.69) is 21.4 Å². The third-order valence-corrected chi connectivity index (χ3v) is 6.75. The highest BCUT2D eigenvalue weighted by Gasteiger charge is 2.54. The summed E-state index contributed by atoms with van der Waals surface area (Å²) in [7, 11) is 0. The number of amides is 2. The first-order valence-electron chi connectivity index (χ1n) is 9.05. The number of esters is 1. The lowest BCUT2D eigenvalue weighted by Gasteiger charge is -2.49. The Labute approximate surface area is 200 Å². The highest BCUT2D eigenvalue weighted by atomic mass is 35.5. The lowest BCUT2D eigenvalue weighted by atomic mass is 10.0. The van der Waals surface area contributed by atoms with Crippen LogP contribution in [0.5, 0.6) is 0 Å². The number of ether oxygens (including phenoxy) is 1. The standard InChI is InChI=1S/C18H16ClN5O7S2/c1-3-4-31-23-10(9-13(19)33-18(20)22-9)14(26)21-11-15(27)24-12(17(28)29)8(5-30-7(2)25)6-32-16(11)24/h1,11,16H,4-6H2,2H3,(H2,20,22)(H,21,26)(H,28,29)/t11-,16-/m1/s1. The minimum absolute atomic E-state index is 0.0524. The zero-order chi connectivity index (χ0) is 24.3. The number of carbonyl (C=O) groups excluding carboxylic acids is 3. The smallest absolute Gasteiger partial charge is 0.352 e. The molecule has 2 aliphatic heterocycles.